The zero-order chi connectivity index (χ0) is 19.6. The lowest BCUT2D eigenvalue weighted by Crippen LogP contribution is -2.46. The van der Waals surface area contributed by atoms with Crippen LogP contribution in [0, 0.1) is 5.92 Å². The van der Waals surface area contributed by atoms with Crippen molar-refractivity contribution < 1.29 is 35.9 Å². The predicted octanol–water partition coefficient (Wildman–Crippen LogP) is 3.32. The summed E-state index contributed by atoms with van der Waals surface area (Å²) in [5.41, 5.74) is -0.980. The number of carbonyl (C=O) groups excluding carboxylic acids is 1. The van der Waals surface area contributed by atoms with Gasteiger partial charge in [-0.05, 0) is 40.0 Å². The Balaban J connectivity index is 2.96. The van der Waals surface area contributed by atoms with E-state index in [2.05, 4.69) is 0 Å². The first-order valence-electron chi connectivity index (χ1n) is 8.06. The second-order valence-electron chi connectivity index (χ2n) is 7.37. The fraction of sp³-hybridized carbons (Fsp3) is 0.933. The first-order chi connectivity index (χ1) is 11.1. The number of hydrogen-bond donors (Lipinski definition) is 0. The lowest BCUT2D eigenvalue weighted by Gasteiger charge is -2.28. The highest BCUT2D eigenvalue weighted by atomic mass is 32.2. The van der Waals surface area contributed by atoms with Gasteiger partial charge in [0.15, 0.2) is 0 Å². The van der Waals surface area contributed by atoms with Crippen molar-refractivity contribution in [2.24, 2.45) is 5.92 Å². The van der Waals surface area contributed by atoms with Crippen LogP contribution in [-0.2, 0) is 19.5 Å². The molecule has 0 saturated carbocycles. The predicted molar refractivity (Wildman–Crippen MR) is 85.5 cm³/mol. The molecule has 25 heavy (non-hydrogen) atoms. The van der Waals surface area contributed by atoms with E-state index in [1.165, 1.54) is 0 Å². The van der Waals surface area contributed by atoms with Gasteiger partial charge >= 0.3 is 12.3 Å². The largest absolute Gasteiger partial charge is 0.443 e. The first kappa shape index (κ1) is 22.0. The Hall–Kier alpha value is -1.03. The Morgan fingerprint density at radius 2 is 1.80 bits per heavy atom. The van der Waals surface area contributed by atoms with E-state index >= 15 is 0 Å². The number of amides is 1. The minimum absolute atomic E-state index is 0.122. The number of rotatable bonds is 5. The molecule has 1 amide bonds. The maximum Gasteiger partial charge on any atom is 0.424 e. The molecule has 0 N–H and O–H groups in total. The highest BCUT2D eigenvalue weighted by Gasteiger charge is 2.39. The van der Waals surface area contributed by atoms with Crippen molar-refractivity contribution in [1.82, 2.24) is 4.31 Å². The van der Waals surface area contributed by atoms with Crippen molar-refractivity contribution in [2.45, 2.75) is 71.4 Å². The molecule has 0 aromatic rings. The summed E-state index contributed by atoms with van der Waals surface area (Å²) in [5, 5.41) is 0. The van der Waals surface area contributed by atoms with E-state index in [9.17, 15) is 26.4 Å². The van der Waals surface area contributed by atoms with E-state index in [0.29, 0.717) is 10.7 Å². The zero-order valence-corrected chi connectivity index (χ0v) is 15.9. The SMILES string of the molecule is CC1CC(CN(C(=O)OC(C)(C)C)S(=O)(=O)CCC(F)(F)F)OC1C. The highest BCUT2D eigenvalue weighted by Crippen LogP contribution is 2.28. The average Bonchev–Trinajstić information content (AvgIpc) is 2.70. The number of ether oxygens (including phenoxy) is 2. The monoisotopic (exact) mass is 389 g/mol. The maximum atomic E-state index is 12.4. The third-order valence-electron chi connectivity index (χ3n) is 3.79. The molecular weight excluding hydrogens is 363 g/mol. The summed E-state index contributed by atoms with van der Waals surface area (Å²) in [6.45, 7) is 8.01. The van der Waals surface area contributed by atoms with Gasteiger partial charge in [-0.2, -0.15) is 13.2 Å². The summed E-state index contributed by atoms with van der Waals surface area (Å²) < 4.78 is 72.9. The van der Waals surface area contributed by atoms with Crippen LogP contribution in [-0.4, -0.2) is 55.1 Å². The second-order valence-corrected chi connectivity index (χ2v) is 9.38. The van der Waals surface area contributed by atoms with E-state index in [1.807, 2.05) is 13.8 Å². The molecule has 1 saturated heterocycles. The minimum atomic E-state index is -4.64. The number of halogens is 3. The van der Waals surface area contributed by atoms with Crippen LogP contribution in [0.2, 0.25) is 0 Å². The molecule has 0 aromatic heterocycles. The van der Waals surface area contributed by atoms with Gasteiger partial charge in [-0.3, -0.25) is 0 Å². The van der Waals surface area contributed by atoms with Crippen molar-refractivity contribution in [3.8, 4) is 0 Å². The van der Waals surface area contributed by atoms with Crippen LogP contribution in [0.25, 0.3) is 0 Å². The molecule has 10 heteroatoms. The third kappa shape index (κ3) is 7.39. The van der Waals surface area contributed by atoms with Gasteiger partial charge in [-0.15, -0.1) is 0 Å². The van der Waals surface area contributed by atoms with Gasteiger partial charge in [0, 0.05) is 0 Å². The Morgan fingerprint density at radius 3 is 2.20 bits per heavy atom. The molecule has 1 heterocycles. The summed E-state index contributed by atoms with van der Waals surface area (Å²) in [5.74, 6) is -1.06. The quantitative estimate of drug-likeness (QED) is 0.721. The Labute approximate surface area is 146 Å². The van der Waals surface area contributed by atoms with Gasteiger partial charge < -0.3 is 9.47 Å². The van der Waals surface area contributed by atoms with Gasteiger partial charge in [-0.25, -0.2) is 17.5 Å². The zero-order valence-electron chi connectivity index (χ0n) is 15.1. The summed E-state index contributed by atoms with van der Waals surface area (Å²) in [4.78, 5) is 12.3. The number of alkyl halides is 3. The molecule has 0 radical (unpaired) electrons. The van der Waals surface area contributed by atoms with Gasteiger partial charge in [-0.1, -0.05) is 6.92 Å². The van der Waals surface area contributed by atoms with E-state index in [4.69, 9.17) is 9.47 Å². The molecule has 1 fully saturated rings. The number of nitrogens with zero attached hydrogens (tertiary/aromatic N) is 1. The van der Waals surface area contributed by atoms with Gasteiger partial charge in [0.2, 0.25) is 10.0 Å². The molecule has 0 aromatic carbocycles. The summed E-state index contributed by atoms with van der Waals surface area (Å²) in [7, 11) is -4.49. The van der Waals surface area contributed by atoms with Crippen LogP contribution in [0.3, 0.4) is 0 Å². The number of hydrogen-bond acceptors (Lipinski definition) is 5. The molecule has 6 nitrogen and oxygen atoms in total. The standard InChI is InChI=1S/C15H26F3NO5S/c1-10-8-12(23-11(10)2)9-19(13(20)24-14(3,4)5)25(21,22)7-6-15(16,17)18/h10-12H,6-9H2,1-5H3. The molecule has 1 rings (SSSR count). The van der Waals surface area contributed by atoms with E-state index < -0.39 is 46.2 Å². The summed E-state index contributed by atoms with van der Waals surface area (Å²) in [6, 6.07) is 0. The second kappa shape index (κ2) is 7.69. The fourth-order valence-corrected chi connectivity index (χ4v) is 3.74. The van der Waals surface area contributed by atoms with Gasteiger partial charge in [0.1, 0.15) is 5.60 Å². The van der Waals surface area contributed by atoms with Crippen LogP contribution >= 0.6 is 0 Å². The van der Waals surface area contributed by atoms with E-state index in [-0.39, 0.29) is 18.6 Å². The van der Waals surface area contributed by atoms with Crippen LogP contribution in [0.15, 0.2) is 0 Å². The maximum absolute atomic E-state index is 12.4. The molecule has 0 aliphatic carbocycles. The summed E-state index contributed by atoms with van der Waals surface area (Å²) in [6.07, 6.45) is -7.55. The van der Waals surface area contributed by atoms with E-state index in [1.54, 1.807) is 20.8 Å². The van der Waals surface area contributed by atoms with Crippen LogP contribution in [0.4, 0.5) is 18.0 Å². The van der Waals surface area contributed by atoms with Crippen LogP contribution < -0.4 is 0 Å². The highest BCUT2D eigenvalue weighted by molar-refractivity contribution is 7.89. The molecule has 3 unspecified atom stereocenters. The lowest BCUT2D eigenvalue weighted by atomic mass is 10.0. The summed E-state index contributed by atoms with van der Waals surface area (Å²) >= 11 is 0. The van der Waals surface area contributed by atoms with Crippen molar-refractivity contribution in [3.05, 3.63) is 0 Å². The van der Waals surface area contributed by atoms with Crippen LogP contribution in [0.5, 0.6) is 0 Å². The van der Waals surface area contributed by atoms with Crippen molar-refractivity contribution in [2.75, 3.05) is 12.3 Å². The fourth-order valence-electron chi connectivity index (χ4n) is 2.37. The average molecular weight is 389 g/mol. The smallest absolute Gasteiger partial charge is 0.424 e. The Bertz CT molecular complexity index is 561. The molecule has 0 spiro atoms. The molecule has 3 atom stereocenters. The molecule has 148 valence electrons. The number of carbonyl (C=O) groups is 1. The van der Waals surface area contributed by atoms with Gasteiger partial charge in [0.25, 0.3) is 0 Å². The van der Waals surface area contributed by atoms with E-state index in [0.717, 1.165) is 0 Å². The number of sulfonamides is 1. The normalized spacial score (nSPS) is 25.0. The minimum Gasteiger partial charge on any atom is -0.443 e. The Kier molecular flexibility index (Phi) is 6.77. The van der Waals surface area contributed by atoms with Crippen molar-refractivity contribution >= 4 is 16.1 Å². The van der Waals surface area contributed by atoms with Crippen LogP contribution in [0.1, 0.15) is 47.5 Å². The first-order valence-corrected chi connectivity index (χ1v) is 9.67. The third-order valence-corrected chi connectivity index (χ3v) is 5.48. The lowest BCUT2D eigenvalue weighted by molar-refractivity contribution is -0.130. The topological polar surface area (TPSA) is 72.9 Å². The molecular formula is C15H26F3NO5S. The molecule has 0 bridgehead atoms. The molecule has 1 aliphatic rings. The van der Waals surface area contributed by atoms with Gasteiger partial charge in [0.05, 0.1) is 30.9 Å². The van der Waals surface area contributed by atoms with Crippen molar-refractivity contribution in [3.63, 3.8) is 0 Å². The van der Waals surface area contributed by atoms with Crippen molar-refractivity contribution in [1.29, 1.82) is 0 Å². The molecule has 1 aliphatic heterocycles. The Morgan fingerprint density at radius 1 is 1.24 bits per heavy atom.